The zero-order valence-electron chi connectivity index (χ0n) is 17.6. The second-order valence-electron chi connectivity index (χ2n) is 9.40. The molecule has 2 aliphatic heterocycles. The third-order valence-corrected chi connectivity index (χ3v) is 7.27. The molecule has 0 unspecified atom stereocenters. The fraction of sp³-hybridized carbons (Fsp3) is 0.480. The number of hydrogen-bond acceptors (Lipinski definition) is 3. The average molecular weight is 427 g/mol. The molecule has 0 aromatic heterocycles. The van der Waals surface area contributed by atoms with Crippen LogP contribution < -0.4 is 4.74 Å². The van der Waals surface area contributed by atoms with Gasteiger partial charge in [-0.2, -0.15) is 0 Å². The Hall–Kier alpha value is -2.47. The van der Waals surface area contributed by atoms with Crippen LogP contribution in [-0.4, -0.2) is 40.7 Å². The highest BCUT2D eigenvalue weighted by atomic mass is 19.1. The minimum Gasteiger partial charge on any atom is -0.497 e. The molecule has 0 radical (unpaired) electrons. The summed E-state index contributed by atoms with van der Waals surface area (Å²) in [6.45, 7) is 0. The molecule has 1 saturated carbocycles. The van der Waals surface area contributed by atoms with E-state index in [1.165, 1.54) is 12.1 Å². The maximum atomic E-state index is 14.1. The van der Waals surface area contributed by atoms with E-state index in [9.17, 15) is 18.7 Å². The van der Waals surface area contributed by atoms with Crippen molar-refractivity contribution in [2.24, 2.45) is 5.92 Å². The highest BCUT2D eigenvalue weighted by Gasteiger charge is 2.54. The van der Waals surface area contributed by atoms with Crippen LogP contribution in [0.5, 0.6) is 5.75 Å². The summed E-state index contributed by atoms with van der Waals surface area (Å²) in [4.78, 5) is 15.3. The minimum absolute atomic E-state index is 0.0176. The summed E-state index contributed by atoms with van der Waals surface area (Å²) in [5.74, 6) is -0.0729. The summed E-state index contributed by atoms with van der Waals surface area (Å²) < 4.78 is 32.7. The largest absolute Gasteiger partial charge is 0.497 e. The molecule has 3 aliphatic rings. The Balaban J connectivity index is 1.27. The molecule has 31 heavy (non-hydrogen) atoms. The Morgan fingerprint density at radius 2 is 1.90 bits per heavy atom. The van der Waals surface area contributed by atoms with Gasteiger partial charge in [-0.05, 0) is 67.3 Å². The zero-order chi connectivity index (χ0) is 21.8. The molecule has 164 valence electrons. The van der Waals surface area contributed by atoms with Gasteiger partial charge in [0.2, 0.25) is 5.91 Å². The number of benzene rings is 2. The van der Waals surface area contributed by atoms with Crippen LogP contribution in [0, 0.1) is 17.6 Å². The summed E-state index contributed by atoms with van der Waals surface area (Å²) in [5, 5.41) is 11.2. The summed E-state index contributed by atoms with van der Waals surface area (Å²) in [6.07, 6.45) is 3.57. The molecular formula is C25H27F2NO3. The predicted molar refractivity (Wildman–Crippen MR) is 112 cm³/mol. The number of piperidine rings is 1. The van der Waals surface area contributed by atoms with Gasteiger partial charge in [-0.1, -0.05) is 18.2 Å². The summed E-state index contributed by atoms with van der Waals surface area (Å²) >= 11 is 0. The van der Waals surface area contributed by atoms with Gasteiger partial charge in [0.1, 0.15) is 17.4 Å². The molecular weight excluding hydrogens is 400 g/mol. The van der Waals surface area contributed by atoms with Gasteiger partial charge in [-0.3, -0.25) is 4.79 Å². The van der Waals surface area contributed by atoms with Crippen molar-refractivity contribution in [3.05, 3.63) is 65.2 Å². The maximum Gasteiger partial charge on any atom is 0.226 e. The van der Waals surface area contributed by atoms with Crippen LogP contribution in [0.4, 0.5) is 8.78 Å². The van der Waals surface area contributed by atoms with Gasteiger partial charge < -0.3 is 14.7 Å². The molecule has 3 fully saturated rings. The van der Waals surface area contributed by atoms with E-state index < -0.39 is 17.2 Å². The zero-order valence-corrected chi connectivity index (χ0v) is 17.6. The molecule has 1 amide bonds. The number of aliphatic hydroxyl groups is 1. The third-order valence-electron chi connectivity index (χ3n) is 7.27. The summed E-state index contributed by atoms with van der Waals surface area (Å²) in [7, 11) is 1.64. The van der Waals surface area contributed by atoms with Crippen LogP contribution in [0.2, 0.25) is 0 Å². The van der Waals surface area contributed by atoms with Gasteiger partial charge in [-0.15, -0.1) is 0 Å². The van der Waals surface area contributed by atoms with Gasteiger partial charge in [0.15, 0.2) is 0 Å². The number of ether oxygens (including phenoxy) is 1. The lowest BCUT2D eigenvalue weighted by atomic mass is 9.81. The second kappa shape index (κ2) is 7.59. The molecule has 4 nitrogen and oxygen atoms in total. The number of carbonyl (C=O) groups excluding carboxylic acids is 1. The van der Waals surface area contributed by atoms with E-state index in [1.807, 2.05) is 29.2 Å². The molecule has 2 aromatic rings. The molecule has 2 aromatic carbocycles. The average Bonchev–Trinajstić information content (AvgIpc) is 3.49. The normalized spacial score (nSPS) is 31.5. The molecule has 5 rings (SSSR count). The van der Waals surface area contributed by atoms with Crippen LogP contribution in [0.15, 0.2) is 42.5 Å². The van der Waals surface area contributed by atoms with E-state index in [4.69, 9.17) is 4.74 Å². The SMILES string of the molecule is COc1cccc([C@@H]2C[C@@H]2C(=O)N2[C@H]3CC[C@H]2CC(O)(Cc2ccc(F)cc2F)C3)c1. The van der Waals surface area contributed by atoms with Gasteiger partial charge in [0.25, 0.3) is 0 Å². The van der Waals surface area contributed by atoms with Crippen molar-refractivity contribution in [3.8, 4) is 5.75 Å². The first-order valence-corrected chi connectivity index (χ1v) is 11.0. The molecule has 0 spiro atoms. The molecule has 6 heteroatoms. The molecule has 2 saturated heterocycles. The van der Waals surface area contributed by atoms with Crippen molar-refractivity contribution in [1.82, 2.24) is 4.90 Å². The lowest BCUT2D eigenvalue weighted by Crippen LogP contribution is -2.54. The second-order valence-corrected chi connectivity index (χ2v) is 9.40. The third kappa shape index (κ3) is 3.82. The molecule has 2 heterocycles. The lowest BCUT2D eigenvalue weighted by molar-refractivity contribution is -0.142. The number of halogens is 2. The molecule has 1 N–H and O–H groups in total. The van der Waals surface area contributed by atoms with E-state index in [2.05, 4.69) is 0 Å². The Morgan fingerprint density at radius 1 is 1.16 bits per heavy atom. The first kappa shape index (κ1) is 20.4. The van der Waals surface area contributed by atoms with Crippen molar-refractivity contribution in [2.45, 2.75) is 62.1 Å². The smallest absolute Gasteiger partial charge is 0.226 e. The van der Waals surface area contributed by atoms with Gasteiger partial charge in [0.05, 0.1) is 12.7 Å². The predicted octanol–water partition coefficient (Wildman–Crippen LogP) is 4.20. The highest BCUT2D eigenvalue weighted by Crippen LogP contribution is 2.52. The quantitative estimate of drug-likeness (QED) is 0.778. The van der Waals surface area contributed by atoms with Gasteiger partial charge in [-0.25, -0.2) is 8.78 Å². The first-order valence-electron chi connectivity index (χ1n) is 11.0. The van der Waals surface area contributed by atoms with Crippen molar-refractivity contribution in [2.75, 3.05) is 7.11 Å². The molecule has 4 atom stereocenters. The van der Waals surface area contributed by atoms with Crippen LogP contribution in [0.25, 0.3) is 0 Å². The lowest BCUT2D eigenvalue weighted by Gasteiger charge is -2.44. The standard InChI is InChI=1S/C25H27F2NO3/c1-31-20-4-2-3-15(9-20)21-11-22(21)24(29)28-18-7-8-19(28)14-25(30,13-18)12-16-5-6-17(26)10-23(16)27/h2-6,9-10,18-19,21-22,30H,7-8,11-14H2,1H3/t18-,19-,21-,22-/m0/s1. The summed E-state index contributed by atoms with van der Waals surface area (Å²) in [5.41, 5.74) is 0.380. The number of fused-ring (bicyclic) bond motifs is 2. The van der Waals surface area contributed by atoms with Crippen molar-refractivity contribution < 1.29 is 23.4 Å². The van der Waals surface area contributed by atoms with E-state index in [-0.39, 0.29) is 36.2 Å². The summed E-state index contributed by atoms with van der Waals surface area (Å²) in [6, 6.07) is 11.3. The van der Waals surface area contributed by atoms with Crippen LogP contribution in [-0.2, 0) is 11.2 Å². The van der Waals surface area contributed by atoms with Crippen molar-refractivity contribution in [1.29, 1.82) is 0 Å². The minimum atomic E-state index is -1.07. The topological polar surface area (TPSA) is 49.8 Å². The van der Waals surface area contributed by atoms with Gasteiger partial charge in [0, 0.05) is 30.5 Å². The van der Waals surface area contributed by atoms with Crippen LogP contribution in [0.1, 0.15) is 49.1 Å². The fourth-order valence-electron chi connectivity index (χ4n) is 5.75. The first-order chi connectivity index (χ1) is 14.9. The van der Waals surface area contributed by atoms with E-state index in [1.54, 1.807) is 7.11 Å². The Morgan fingerprint density at radius 3 is 2.58 bits per heavy atom. The Kier molecular flexibility index (Phi) is 5.00. The monoisotopic (exact) mass is 427 g/mol. The molecule has 1 aliphatic carbocycles. The van der Waals surface area contributed by atoms with E-state index >= 15 is 0 Å². The number of hydrogen-bond donors (Lipinski definition) is 1. The number of amides is 1. The highest BCUT2D eigenvalue weighted by molar-refractivity contribution is 5.84. The van der Waals surface area contributed by atoms with E-state index in [0.29, 0.717) is 18.4 Å². The van der Waals surface area contributed by atoms with Gasteiger partial charge >= 0.3 is 0 Å². The van der Waals surface area contributed by atoms with Crippen LogP contribution in [0.3, 0.4) is 0 Å². The molecule has 2 bridgehead atoms. The van der Waals surface area contributed by atoms with Crippen molar-refractivity contribution >= 4 is 5.91 Å². The number of carbonyl (C=O) groups is 1. The fourth-order valence-corrected chi connectivity index (χ4v) is 5.75. The number of nitrogens with zero attached hydrogens (tertiary/aromatic N) is 1. The Bertz CT molecular complexity index is 996. The van der Waals surface area contributed by atoms with Crippen molar-refractivity contribution in [3.63, 3.8) is 0 Å². The number of methoxy groups -OCH3 is 1. The number of rotatable bonds is 5. The van der Waals surface area contributed by atoms with Crippen LogP contribution >= 0.6 is 0 Å². The Labute approximate surface area is 180 Å². The maximum absolute atomic E-state index is 14.1. The van der Waals surface area contributed by atoms with E-state index in [0.717, 1.165) is 36.6 Å².